The van der Waals surface area contributed by atoms with Crippen LogP contribution in [0.4, 0.5) is 4.79 Å². The summed E-state index contributed by atoms with van der Waals surface area (Å²) in [5.74, 6) is -0.737. The second-order valence-electron chi connectivity index (χ2n) is 8.75. The van der Waals surface area contributed by atoms with Crippen LogP contribution in [0.2, 0.25) is 0 Å². The predicted molar refractivity (Wildman–Crippen MR) is 117 cm³/mol. The third-order valence-electron chi connectivity index (χ3n) is 6.17. The van der Waals surface area contributed by atoms with E-state index in [9.17, 15) is 19.2 Å². The van der Waals surface area contributed by atoms with Gasteiger partial charge in [-0.2, -0.15) is 0 Å². The Balaban J connectivity index is 1.70. The van der Waals surface area contributed by atoms with Gasteiger partial charge >= 0.3 is 6.03 Å². The number of hydrogen-bond acceptors (Lipinski definition) is 5. The summed E-state index contributed by atoms with van der Waals surface area (Å²) < 4.78 is 0. The van der Waals surface area contributed by atoms with Gasteiger partial charge in [-0.05, 0) is 43.5 Å². The molecule has 1 aliphatic carbocycles. The van der Waals surface area contributed by atoms with Crippen molar-refractivity contribution in [3.63, 3.8) is 0 Å². The number of hydrogen-bond donors (Lipinski definition) is 3. The minimum atomic E-state index is -1.34. The van der Waals surface area contributed by atoms with Gasteiger partial charge in [0.25, 0.3) is 5.91 Å². The molecule has 0 spiro atoms. The Bertz CT molecular complexity index is 850. The first-order valence-electron chi connectivity index (χ1n) is 11.0. The maximum atomic E-state index is 12.7. The lowest BCUT2D eigenvalue weighted by atomic mass is 9.92. The first-order valence-corrected chi connectivity index (χ1v) is 11.0. The zero-order valence-corrected chi connectivity index (χ0v) is 18.3. The number of benzene rings is 1. The van der Waals surface area contributed by atoms with Gasteiger partial charge in [0.2, 0.25) is 5.91 Å². The van der Waals surface area contributed by atoms with Crippen molar-refractivity contribution in [3.05, 3.63) is 34.9 Å². The lowest BCUT2D eigenvalue weighted by molar-refractivity contribution is -0.131. The fraction of sp³-hybridized carbons (Fsp3) is 0.565. The number of nitrogens with zero attached hydrogens (tertiary/aromatic N) is 1. The van der Waals surface area contributed by atoms with Crippen molar-refractivity contribution in [1.29, 1.82) is 0 Å². The largest absolute Gasteiger partial charge is 0.353 e. The lowest BCUT2D eigenvalue weighted by Gasteiger charge is -2.32. The maximum absolute atomic E-state index is 12.7. The first kappa shape index (κ1) is 22.9. The van der Waals surface area contributed by atoms with Crippen LogP contribution in [0.1, 0.15) is 66.9 Å². The quantitative estimate of drug-likeness (QED) is 0.411. The number of urea groups is 1. The SMILES string of the molecule is CCc1ccc(CN(C)CC2(CC(=O)NC3CCCCC3)NC(=O)NC2=O)c(C=O)c1. The molecule has 1 heterocycles. The molecule has 8 nitrogen and oxygen atoms in total. The molecule has 2 aliphatic rings. The minimum Gasteiger partial charge on any atom is -0.353 e. The average molecular weight is 429 g/mol. The van der Waals surface area contributed by atoms with Crippen molar-refractivity contribution in [3.8, 4) is 0 Å². The van der Waals surface area contributed by atoms with Crippen molar-refractivity contribution < 1.29 is 19.2 Å². The zero-order valence-electron chi connectivity index (χ0n) is 18.3. The highest BCUT2D eigenvalue weighted by molar-refractivity contribution is 6.09. The normalized spacial score (nSPS) is 21.6. The van der Waals surface area contributed by atoms with Crippen LogP contribution in [0.3, 0.4) is 0 Å². The second kappa shape index (κ2) is 10.0. The second-order valence-corrected chi connectivity index (χ2v) is 8.75. The topological polar surface area (TPSA) is 108 Å². The third kappa shape index (κ3) is 5.70. The fourth-order valence-electron chi connectivity index (χ4n) is 4.55. The average Bonchev–Trinajstić information content (AvgIpc) is 3.00. The molecule has 0 bridgehead atoms. The molecule has 1 saturated carbocycles. The van der Waals surface area contributed by atoms with E-state index in [0.29, 0.717) is 12.1 Å². The number of carbonyl (C=O) groups excluding carboxylic acids is 4. The highest BCUT2D eigenvalue weighted by Gasteiger charge is 2.48. The molecule has 1 unspecified atom stereocenters. The van der Waals surface area contributed by atoms with E-state index in [-0.39, 0.29) is 24.9 Å². The summed E-state index contributed by atoms with van der Waals surface area (Å²) in [5, 5.41) is 7.97. The molecule has 1 atom stereocenters. The summed E-state index contributed by atoms with van der Waals surface area (Å²) in [4.78, 5) is 50.7. The van der Waals surface area contributed by atoms with Crippen LogP contribution in [0.15, 0.2) is 18.2 Å². The zero-order chi connectivity index (χ0) is 22.4. The van der Waals surface area contributed by atoms with Gasteiger partial charge in [-0.15, -0.1) is 0 Å². The Morgan fingerprint density at radius 2 is 2.00 bits per heavy atom. The molecular weight excluding hydrogens is 396 g/mol. The van der Waals surface area contributed by atoms with Gasteiger partial charge < -0.3 is 10.6 Å². The van der Waals surface area contributed by atoms with Gasteiger partial charge in [-0.1, -0.05) is 38.3 Å². The number of nitrogens with one attached hydrogen (secondary N) is 3. The molecule has 1 saturated heterocycles. The van der Waals surface area contributed by atoms with Gasteiger partial charge in [0.15, 0.2) is 0 Å². The van der Waals surface area contributed by atoms with E-state index in [4.69, 9.17) is 0 Å². The summed E-state index contributed by atoms with van der Waals surface area (Å²) >= 11 is 0. The number of amides is 4. The minimum absolute atomic E-state index is 0.124. The van der Waals surface area contributed by atoms with Crippen molar-refractivity contribution in [2.75, 3.05) is 13.6 Å². The third-order valence-corrected chi connectivity index (χ3v) is 6.17. The highest BCUT2D eigenvalue weighted by atomic mass is 16.2. The standard InChI is InChI=1S/C23H32N4O4/c1-3-16-9-10-17(18(11-16)14-28)13-27(2)15-23(21(30)25-22(31)26-23)12-20(29)24-19-7-5-4-6-8-19/h9-11,14,19H,3-8,12-13,15H2,1-2H3,(H,24,29)(H2,25,26,30,31). The van der Waals surface area contributed by atoms with E-state index in [1.165, 1.54) is 6.42 Å². The molecular formula is C23H32N4O4. The number of aryl methyl sites for hydroxylation is 1. The number of likely N-dealkylation sites (N-methyl/N-ethyl adjacent to an activating group) is 1. The summed E-state index contributed by atoms with van der Waals surface area (Å²) in [6.45, 7) is 2.59. The Kier molecular flexibility index (Phi) is 7.43. The number of carbonyl (C=O) groups is 4. The monoisotopic (exact) mass is 428 g/mol. The summed E-state index contributed by atoms with van der Waals surface area (Å²) in [5.41, 5.74) is 1.18. The van der Waals surface area contributed by atoms with Crippen LogP contribution in [0.25, 0.3) is 0 Å². The first-order chi connectivity index (χ1) is 14.8. The Labute approximate surface area is 183 Å². The van der Waals surface area contributed by atoms with Crippen LogP contribution in [-0.2, 0) is 22.6 Å². The van der Waals surface area contributed by atoms with E-state index in [1.54, 1.807) is 7.05 Å². The summed E-state index contributed by atoms with van der Waals surface area (Å²) in [6, 6.07) is 5.30. The lowest BCUT2D eigenvalue weighted by Crippen LogP contribution is -2.57. The number of aldehydes is 1. The number of rotatable bonds is 9. The summed E-state index contributed by atoms with van der Waals surface area (Å²) in [6.07, 6.45) is 6.79. The molecule has 168 valence electrons. The van der Waals surface area contributed by atoms with Gasteiger partial charge in [0, 0.05) is 24.7 Å². The molecule has 1 aliphatic heterocycles. The predicted octanol–water partition coefficient (Wildman–Crippen LogP) is 1.91. The molecule has 2 fully saturated rings. The van der Waals surface area contributed by atoms with Crippen molar-refractivity contribution in [2.24, 2.45) is 0 Å². The van der Waals surface area contributed by atoms with Gasteiger partial charge in [0.05, 0.1) is 6.42 Å². The molecule has 3 rings (SSSR count). The van der Waals surface area contributed by atoms with Crippen molar-refractivity contribution in [1.82, 2.24) is 20.9 Å². The molecule has 31 heavy (non-hydrogen) atoms. The Hall–Kier alpha value is -2.74. The van der Waals surface area contributed by atoms with Gasteiger partial charge in [-0.3, -0.25) is 24.6 Å². The van der Waals surface area contributed by atoms with Crippen molar-refractivity contribution in [2.45, 2.75) is 70.0 Å². The van der Waals surface area contributed by atoms with Gasteiger partial charge in [-0.25, -0.2) is 4.79 Å². The smallest absolute Gasteiger partial charge is 0.322 e. The molecule has 8 heteroatoms. The molecule has 1 aromatic rings. The van der Waals surface area contributed by atoms with Crippen LogP contribution < -0.4 is 16.0 Å². The molecule has 1 aromatic carbocycles. The molecule has 4 amide bonds. The van der Waals surface area contributed by atoms with Gasteiger partial charge in [0.1, 0.15) is 11.8 Å². The van der Waals surface area contributed by atoms with Crippen LogP contribution >= 0.6 is 0 Å². The van der Waals surface area contributed by atoms with Crippen LogP contribution in [-0.4, -0.2) is 54.2 Å². The Morgan fingerprint density at radius 1 is 1.26 bits per heavy atom. The van der Waals surface area contributed by atoms with Crippen LogP contribution in [0.5, 0.6) is 0 Å². The molecule has 0 radical (unpaired) electrons. The van der Waals surface area contributed by atoms with E-state index >= 15 is 0 Å². The number of imide groups is 1. The Morgan fingerprint density at radius 3 is 2.61 bits per heavy atom. The van der Waals surface area contributed by atoms with E-state index < -0.39 is 17.5 Å². The molecule has 0 aromatic heterocycles. The van der Waals surface area contributed by atoms with E-state index in [0.717, 1.165) is 49.5 Å². The van der Waals surface area contributed by atoms with E-state index in [2.05, 4.69) is 16.0 Å². The maximum Gasteiger partial charge on any atom is 0.322 e. The fourth-order valence-corrected chi connectivity index (χ4v) is 4.55. The van der Waals surface area contributed by atoms with Crippen molar-refractivity contribution >= 4 is 24.1 Å². The highest BCUT2D eigenvalue weighted by Crippen LogP contribution is 2.22. The van der Waals surface area contributed by atoms with Crippen LogP contribution in [0, 0.1) is 0 Å². The molecule has 3 N–H and O–H groups in total. The summed E-state index contributed by atoms with van der Waals surface area (Å²) in [7, 11) is 1.81. The van der Waals surface area contributed by atoms with E-state index in [1.807, 2.05) is 30.0 Å².